The average molecular weight is 389 g/mol. The molecule has 1 fully saturated rings. The highest BCUT2D eigenvalue weighted by atomic mass is 16.3. The Morgan fingerprint density at radius 3 is 2.59 bits per heavy atom. The summed E-state index contributed by atoms with van der Waals surface area (Å²) in [5.74, 6) is -0.0528. The molecule has 1 aliphatic heterocycles. The lowest BCUT2D eigenvalue weighted by atomic mass is 9.92. The summed E-state index contributed by atoms with van der Waals surface area (Å²) in [6, 6.07) is 21.9. The monoisotopic (exact) mass is 389 g/mol. The standard InChI is InChI=1S/C24H27N3O2/c28-18-21-17-26(16-19-7-2-1-3-8-19)14-11-23(21)25-24(29)20-9-6-10-22(15-20)27-12-4-5-13-27/h1-10,12-13,15,21,23,28H,11,14,16-18H2,(H,25,29)/t21-,23-/m0/s1. The molecule has 1 amide bonds. The Morgan fingerprint density at radius 2 is 1.83 bits per heavy atom. The summed E-state index contributed by atoms with van der Waals surface area (Å²) in [4.78, 5) is 15.2. The van der Waals surface area contributed by atoms with Crippen LogP contribution in [0.15, 0.2) is 79.1 Å². The quantitative estimate of drug-likeness (QED) is 0.681. The number of carbonyl (C=O) groups excluding carboxylic acids is 1. The van der Waals surface area contributed by atoms with Crippen LogP contribution in [0.4, 0.5) is 0 Å². The Kier molecular flexibility index (Phi) is 6.08. The summed E-state index contributed by atoms with van der Waals surface area (Å²) >= 11 is 0. The van der Waals surface area contributed by atoms with Gasteiger partial charge in [-0.05, 0) is 42.3 Å². The molecule has 150 valence electrons. The Hall–Kier alpha value is -2.89. The van der Waals surface area contributed by atoms with Crippen LogP contribution < -0.4 is 5.32 Å². The number of carbonyl (C=O) groups is 1. The second kappa shape index (κ2) is 9.07. The van der Waals surface area contributed by atoms with Gasteiger partial charge in [0.25, 0.3) is 5.91 Å². The molecule has 29 heavy (non-hydrogen) atoms. The van der Waals surface area contributed by atoms with Crippen molar-refractivity contribution in [2.45, 2.75) is 19.0 Å². The number of nitrogens with zero attached hydrogens (tertiary/aromatic N) is 2. The van der Waals surface area contributed by atoms with Gasteiger partial charge in [0.2, 0.25) is 0 Å². The fourth-order valence-corrected chi connectivity index (χ4v) is 4.03. The zero-order valence-electron chi connectivity index (χ0n) is 16.4. The number of hydrogen-bond donors (Lipinski definition) is 2. The second-order valence-electron chi connectivity index (χ2n) is 7.67. The van der Waals surface area contributed by atoms with E-state index in [1.807, 2.05) is 71.6 Å². The first-order valence-corrected chi connectivity index (χ1v) is 10.1. The number of aliphatic hydroxyl groups excluding tert-OH is 1. The van der Waals surface area contributed by atoms with Crippen LogP contribution >= 0.6 is 0 Å². The third-order valence-electron chi connectivity index (χ3n) is 5.63. The first-order chi connectivity index (χ1) is 14.2. The number of benzene rings is 2. The molecule has 1 aromatic heterocycles. The van der Waals surface area contributed by atoms with Crippen molar-refractivity contribution in [2.24, 2.45) is 5.92 Å². The molecule has 2 heterocycles. The minimum absolute atomic E-state index is 0.0187. The Morgan fingerprint density at radius 1 is 1.03 bits per heavy atom. The molecule has 0 unspecified atom stereocenters. The van der Waals surface area contributed by atoms with Gasteiger partial charge in [0.15, 0.2) is 0 Å². The highest BCUT2D eigenvalue weighted by Crippen LogP contribution is 2.20. The third kappa shape index (κ3) is 4.75. The van der Waals surface area contributed by atoms with Crippen molar-refractivity contribution < 1.29 is 9.90 Å². The van der Waals surface area contributed by atoms with Crippen LogP contribution in [0.1, 0.15) is 22.3 Å². The lowest BCUT2D eigenvalue weighted by molar-refractivity contribution is 0.0712. The molecule has 0 aliphatic carbocycles. The van der Waals surface area contributed by atoms with Gasteiger partial charge in [-0.15, -0.1) is 0 Å². The second-order valence-corrected chi connectivity index (χ2v) is 7.67. The zero-order chi connectivity index (χ0) is 20.1. The third-order valence-corrected chi connectivity index (χ3v) is 5.63. The number of aliphatic hydroxyl groups is 1. The van der Waals surface area contributed by atoms with Gasteiger partial charge in [0, 0.05) is 61.8 Å². The average Bonchev–Trinajstić information content (AvgIpc) is 3.30. The van der Waals surface area contributed by atoms with E-state index in [1.54, 1.807) is 0 Å². The van der Waals surface area contributed by atoms with E-state index in [-0.39, 0.29) is 24.5 Å². The van der Waals surface area contributed by atoms with E-state index in [9.17, 15) is 9.90 Å². The smallest absolute Gasteiger partial charge is 0.251 e. The van der Waals surface area contributed by atoms with E-state index in [0.717, 1.165) is 31.7 Å². The normalized spacial score (nSPS) is 19.8. The van der Waals surface area contributed by atoms with E-state index in [2.05, 4.69) is 22.3 Å². The van der Waals surface area contributed by atoms with Gasteiger partial charge in [-0.2, -0.15) is 0 Å². The van der Waals surface area contributed by atoms with Crippen LogP contribution in [0.2, 0.25) is 0 Å². The van der Waals surface area contributed by atoms with Gasteiger partial charge < -0.3 is 15.0 Å². The Balaban J connectivity index is 1.39. The molecule has 0 spiro atoms. The first-order valence-electron chi connectivity index (χ1n) is 10.1. The summed E-state index contributed by atoms with van der Waals surface area (Å²) in [6.07, 6.45) is 4.75. The van der Waals surface area contributed by atoms with Gasteiger partial charge in [-0.25, -0.2) is 0 Å². The summed E-state index contributed by atoms with van der Waals surface area (Å²) in [6.45, 7) is 2.62. The number of amides is 1. The maximum atomic E-state index is 12.9. The lowest BCUT2D eigenvalue weighted by Gasteiger charge is -2.38. The minimum atomic E-state index is -0.0843. The van der Waals surface area contributed by atoms with E-state index in [0.29, 0.717) is 5.56 Å². The largest absolute Gasteiger partial charge is 0.396 e. The van der Waals surface area contributed by atoms with E-state index >= 15 is 0 Å². The molecule has 2 atom stereocenters. The Labute approximate surface area is 171 Å². The fourth-order valence-electron chi connectivity index (χ4n) is 4.03. The predicted molar refractivity (Wildman–Crippen MR) is 114 cm³/mol. The molecule has 4 rings (SSSR count). The van der Waals surface area contributed by atoms with Crippen LogP contribution in [0.5, 0.6) is 0 Å². The topological polar surface area (TPSA) is 57.5 Å². The molecule has 1 saturated heterocycles. The number of rotatable bonds is 6. The molecule has 5 nitrogen and oxygen atoms in total. The highest BCUT2D eigenvalue weighted by Gasteiger charge is 2.30. The van der Waals surface area contributed by atoms with Crippen molar-refractivity contribution >= 4 is 5.91 Å². The van der Waals surface area contributed by atoms with Crippen molar-refractivity contribution in [2.75, 3.05) is 19.7 Å². The number of likely N-dealkylation sites (tertiary alicyclic amines) is 1. The minimum Gasteiger partial charge on any atom is -0.396 e. The van der Waals surface area contributed by atoms with Gasteiger partial charge in [0.1, 0.15) is 0 Å². The molecule has 5 heteroatoms. The molecule has 0 bridgehead atoms. The molecule has 1 aliphatic rings. The van der Waals surface area contributed by atoms with Crippen LogP contribution in [0, 0.1) is 5.92 Å². The maximum Gasteiger partial charge on any atom is 0.251 e. The predicted octanol–water partition coefficient (Wildman–Crippen LogP) is 3.09. The molecule has 0 saturated carbocycles. The number of nitrogens with one attached hydrogen (secondary N) is 1. The molecule has 3 aromatic rings. The first kappa shape index (κ1) is 19.4. The fraction of sp³-hybridized carbons (Fsp3) is 0.292. The molecular weight excluding hydrogens is 362 g/mol. The molecule has 2 aromatic carbocycles. The lowest BCUT2D eigenvalue weighted by Crippen LogP contribution is -2.51. The summed E-state index contributed by atoms with van der Waals surface area (Å²) in [5.41, 5.74) is 2.87. The van der Waals surface area contributed by atoms with Crippen molar-refractivity contribution in [1.82, 2.24) is 14.8 Å². The molecular formula is C24H27N3O2. The van der Waals surface area contributed by atoms with E-state index in [4.69, 9.17) is 0 Å². The number of piperidine rings is 1. The van der Waals surface area contributed by atoms with Crippen LogP contribution in [0.25, 0.3) is 5.69 Å². The number of aromatic nitrogens is 1. The maximum absolute atomic E-state index is 12.9. The summed E-state index contributed by atoms with van der Waals surface area (Å²) in [7, 11) is 0. The van der Waals surface area contributed by atoms with Crippen molar-refractivity contribution in [3.63, 3.8) is 0 Å². The van der Waals surface area contributed by atoms with Crippen molar-refractivity contribution in [1.29, 1.82) is 0 Å². The van der Waals surface area contributed by atoms with Gasteiger partial charge in [0.05, 0.1) is 0 Å². The molecule has 0 radical (unpaired) electrons. The van der Waals surface area contributed by atoms with E-state index < -0.39 is 0 Å². The SMILES string of the molecule is O=C(N[C@H]1CCN(Cc2ccccc2)C[C@H]1CO)c1cccc(-n2cccc2)c1. The van der Waals surface area contributed by atoms with Crippen LogP contribution in [-0.4, -0.2) is 46.2 Å². The number of hydrogen-bond acceptors (Lipinski definition) is 3. The van der Waals surface area contributed by atoms with Crippen molar-refractivity contribution in [3.05, 3.63) is 90.3 Å². The van der Waals surface area contributed by atoms with Gasteiger partial charge in [-0.1, -0.05) is 36.4 Å². The van der Waals surface area contributed by atoms with Gasteiger partial charge in [-0.3, -0.25) is 9.69 Å². The van der Waals surface area contributed by atoms with Crippen LogP contribution in [0.3, 0.4) is 0 Å². The van der Waals surface area contributed by atoms with Crippen LogP contribution in [-0.2, 0) is 6.54 Å². The summed E-state index contributed by atoms with van der Waals surface area (Å²) < 4.78 is 1.98. The van der Waals surface area contributed by atoms with E-state index in [1.165, 1.54) is 5.56 Å². The highest BCUT2D eigenvalue weighted by molar-refractivity contribution is 5.95. The molecule has 2 N–H and O–H groups in total. The summed E-state index contributed by atoms with van der Waals surface area (Å²) in [5, 5.41) is 13.1. The Bertz CT molecular complexity index is 924. The van der Waals surface area contributed by atoms with Crippen molar-refractivity contribution in [3.8, 4) is 5.69 Å². The zero-order valence-corrected chi connectivity index (χ0v) is 16.4. The van der Waals surface area contributed by atoms with Gasteiger partial charge >= 0.3 is 0 Å².